The molecule has 0 spiro atoms. The number of aromatic nitrogens is 4. The van der Waals surface area contributed by atoms with Crippen molar-refractivity contribution in [3.05, 3.63) is 132 Å². The molecule has 0 aliphatic heterocycles. The summed E-state index contributed by atoms with van der Waals surface area (Å²) >= 11 is 0. The first-order valence-corrected chi connectivity index (χ1v) is 31.6. The second-order valence-corrected chi connectivity index (χ2v) is 24.3. The molecule has 8 rings (SSSR count). The SMILES string of the molecule is COC(=O)CNC(=O)C[C@H](CC(C)C)NC(=O)c1cc(-c2c(OC)cccc2OCc2ccccc2)n(C2CCCC(C)C2)n1.COC(=O)CNC(=O)C[C@H](CC(C)C)NC(=O)c1cc(-c2c(OC)cccc2OCc2ccccc2)n(CC2CCCCC2)n1. The van der Waals surface area contributed by atoms with Crippen molar-refractivity contribution in [3.63, 3.8) is 0 Å². The molecule has 0 radical (unpaired) electrons. The third-order valence-corrected chi connectivity index (χ3v) is 16.2. The van der Waals surface area contributed by atoms with Crippen LogP contribution in [0.25, 0.3) is 22.5 Å². The van der Waals surface area contributed by atoms with Crippen LogP contribution in [-0.2, 0) is 48.4 Å². The lowest BCUT2D eigenvalue weighted by Gasteiger charge is -2.29. The van der Waals surface area contributed by atoms with E-state index in [1.54, 1.807) is 26.4 Å². The molecule has 2 heterocycles. The zero-order valence-corrected chi connectivity index (χ0v) is 53.8. The van der Waals surface area contributed by atoms with Gasteiger partial charge in [-0.25, -0.2) is 0 Å². The fraction of sp³-hybridized carbons (Fsp3) is 0.486. The Hall–Kier alpha value is -8.68. The minimum absolute atomic E-state index is 0.0264. The Balaban J connectivity index is 0.000000256. The highest BCUT2D eigenvalue weighted by Crippen LogP contribution is 2.44. The quantitative estimate of drug-likeness (QED) is 0.0320. The van der Waals surface area contributed by atoms with Crippen LogP contribution in [0, 0.1) is 23.7 Å². The Labute approximate surface area is 529 Å². The van der Waals surface area contributed by atoms with Gasteiger partial charge in [0.1, 0.15) is 49.3 Å². The van der Waals surface area contributed by atoms with Crippen LogP contribution in [0.2, 0.25) is 0 Å². The number of hydrogen-bond donors (Lipinski definition) is 4. The molecule has 0 saturated heterocycles. The minimum atomic E-state index is -0.536. The van der Waals surface area contributed by atoms with Gasteiger partial charge in [0.05, 0.1) is 57.0 Å². The number of ether oxygens (including phenoxy) is 6. The smallest absolute Gasteiger partial charge is 0.325 e. The lowest BCUT2D eigenvalue weighted by Crippen LogP contribution is -2.41. The largest absolute Gasteiger partial charge is 0.496 e. The van der Waals surface area contributed by atoms with Gasteiger partial charge in [-0.2, -0.15) is 10.2 Å². The molecule has 4 amide bonds. The van der Waals surface area contributed by atoms with E-state index in [9.17, 15) is 28.8 Å². The summed E-state index contributed by atoms with van der Waals surface area (Å²) in [6.07, 6.45) is 11.2. The molecule has 4 N–H and O–H groups in total. The van der Waals surface area contributed by atoms with Gasteiger partial charge in [-0.1, -0.05) is 140 Å². The number of rotatable bonds is 29. The van der Waals surface area contributed by atoms with E-state index in [1.165, 1.54) is 33.5 Å². The fourth-order valence-electron chi connectivity index (χ4n) is 11.8. The van der Waals surface area contributed by atoms with Crippen LogP contribution < -0.4 is 40.2 Å². The second kappa shape index (κ2) is 34.9. The molecule has 2 saturated carbocycles. The number of methoxy groups -OCH3 is 4. The molecule has 2 aliphatic carbocycles. The summed E-state index contributed by atoms with van der Waals surface area (Å²) < 4.78 is 37.4. The van der Waals surface area contributed by atoms with Crippen LogP contribution in [0.4, 0.5) is 0 Å². The van der Waals surface area contributed by atoms with Crippen molar-refractivity contribution >= 4 is 35.6 Å². The Kier molecular flexibility index (Phi) is 26.7. The van der Waals surface area contributed by atoms with Crippen molar-refractivity contribution in [1.29, 1.82) is 0 Å². The summed E-state index contributed by atoms with van der Waals surface area (Å²) in [7, 11) is 5.78. The summed E-state index contributed by atoms with van der Waals surface area (Å²) in [4.78, 5) is 75.7. The Morgan fingerprint density at radius 3 is 1.48 bits per heavy atom. The van der Waals surface area contributed by atoms with Crippen molar-refractivity contribution in [2.75, 3.05) is 41.5 Å². The summed E-state index contributed by atoms with van der Waals surface area (Å²) in [5.41, 5.74) is 5.54. The predicted molar refractivity (Wildman–Crippen MR) is 344 cm³/mol. The number of hydrogen-bond acceptors (Lipinski definition) is 14. The molecule has 484 valence electrons. The topological polar surface area (TPSA) is 242 Å². The molecule has 90 heavy (non-hydrogen) atoms. The van der Waals surface area contributed by atoms with E-state index in [4.69, 9.17) is 29.1 Å². The van der Waals surface area contributed by atoms with E-state index < -0.39 is 24.0 Å². The molecule has 0 bridgehead atoms. The van der Waals surface area contributed by atoms with Crippen LogP contribution in [0.3, 0.4) is 0 Å². The van der Waals surface area contributed by atoms with Gasteiger partial charge in [0.25, 0.3) is 11.8 Å². The second-order valence-electron chi connectivity index (χ2n) is 24.3. The molecule has 2 unspecified atom stereocenters. The zero-order chi connectivity index (χ0) is 64.5. The summed E-state index contributed by atoms with van der Waals surface area (Å²) in [5.74, 6) is 1.44. The van der Waals surface area contributed by atoms with Crippen LogP contribution >= 0.6 is 0 Å². The number of carbonyl (C=O) groups is 6. The van der Waals surface area contributed by atoms with Gasteiger partial charge < -0.3 is 49.7 Å². The first-order chi connectivity index (χ1) is 43.4. The van der Waals surface area contributed by atoms with Gasteiger partial charge in [0.15, 0.2) is 11.4 Å². The van der Waals surface area contributed by atoms with Gasteiger partial charge in [0.2, 0.25) is 11.8 Å². The van der Waals surface area contributed by atoms with Crippen molar-refractivity contribution in [2.45, 2.75) is 156 Å². The normalized spacial score (nSPS) is 15.5. The molecule has 20 heteroatoms. The average molecular weight is 1240 g/mol. The van der Waals surface area contributed by atoms with Crippen LogP contribution in [0.1, 0.15) is 156 Å². The first kappa shape index (κ1) is 68.8. The minimum Gasteiger partial charge on any atom is -0.496 e. The van der Waals surface area contributed by atoms with Gasteiger partial charge >= 0.3 is 11.9 Å². The highest BCUT2D eigenvalue weighted by atomic mass is 16.5. The molecular formula is C70H92N8O12. The Morgan fingerprint density at radius 1 is 0.544 bits per heavy atom. The van der Waals surface area contributed by atoms with E-state index in [0.29, 0.717) is 67.4 Å². The summed E-state index contributed by atoms with van der Waals surface area (Å²) in [5, 5.41) is 20.9. The van der Waals surface area contributed by atoms with Gasteiger partial charge in [-0.05, 0) is 110 Å². The molecule has 2 aliphatic rings. The van der Waals surface area contributed by atoms with Gasteiger partial charge in [-0.3, -0.25) is 38.1 Å². The molecule has 20 nitrogen and oxygen atoms in total. The first-order valence-electron chi connectivity index (χ1n) is 31.6. The van der Waals surface area contributed by atoms with E-state index in [1.807, 2.05) is 134 Å². The summed E-state index contributed by atoms with van der Waals surface area (Å²) in [6, 6.07) is 34.1. The molecule has 4 aromatic carbocycles. The lowest BCUT2D eigenvalue weighted by atomic mass is 9.87. The molecular weight excluding hydrogens is 1140 g/mol. The van der Waals surface area contributed by atoms with Crippen LogP contribution in [0.5, 0.6) is 23.0 Å². The van der Waals surface area contributed by atoms with Crippen LogP contribution in [0.15, 0.2) is 109 Å². The van der Waals surface area contributed by atoms with Crippen molar-refractivity contribution < 1.29 is 57.2 Å². The van der Waals surface area contributed by atoms with E-state index >= 15 is 0 Å². The maximum atomic E-state index is 13.8. The van der Waals surface area contributed by atoms with Crippen molar-refractivity contribution in [2.24, 2.45) is 23.7 Å². The number of benzene rings is 4. The molecule has 6 aromatic rings. The van der Waals surface area contributed by atoms with Crippen molar-refractivity contribution in [3.8, 4) is 45.5 Å². The highest BCUT2D eigenvalue weighted by Gasteiger charge is 2.31. The van der Waals surface area contributed by atoms with E-state index in [0.717, 1.165) is 72.2 Å². The average Bonchev–Trinajstić information content (AvgIpc) is 1.88. The number of amides is 4. The van der Waals surface area contributed by atoms with E-state index in [-0.39, 0.29) is 78.8 Å². The maximum Gasteiger partial charge on any atom is 0.325 e. The zero-order valence-electron chi connectivity index (χ0n) is 53.8. The number of carbonyl (C=O) groups excluding carboxylic acids is 6. The lowest BCUT2D eigenvalue weighted by molar-refractivity contribution is -0.141. The predicted octanol–water partition coefficient (Wildman–Crippen LogP) is 11.3. The highest BCUT2D eigenvalue weighted by molar-refractivity contribution is 5.96. The molecule has 4 atom stereocenters. The Bertz CT molecular complexity index is 3280. The van der Waals surface area contributed by atoms with Gasteiger partial charge in [-0.15, -0.1) is 0 Å². The van der Waals surface area contributed by atoms with Gasteiger partial charge in [0, 0.05) is 31.5 Å². The third-order valence-electron chi connectivity index (χ3n) is 16.2. The number of nitrogens with one attached hydrogen (secondary N) is 4. The van der Waals surface area contributed by atoms with E-state index in [2.05, 4.69) is 37.7 Å². The fourth-order valence-corrected chi connectivity index (χ4v) is 11.8. The standard InChI is InChI=1S/2C35H46N4O6/c1-23(2)17-26(19-32(40)36-21-33(41)44-5)37-35(42)28-20-29(39(38-28)27-14-9-11-24(3)18-27)34-30(43-4)15-10-16-31(34)45-22-25-12-7-6-8-13-25;1-24(2)18-27(19-32(40)36-21-33(41)44-4)37-35(42)28-20-29(39(38-28)22-25-12-7-5-8-13-25)34-30(43-3)16-11-17-31(34)45-23-26-14-9-6-10-15-26/h6-8,10,12-13,15-16,20,23-24,26-27H,9,11,14,17-19,21-22H2,1-5H3,(H,36,40)(H,37,42);6,9-11,14-17,20,24-25,27H,5,7-8,12-13,18-19,21-23H2,1-4H3,(H,36,40)(H,37,42)/t24?,26-,27?;27-/m00/s1. The van der Waals surface area contributed by atoms with Crippen molar-refractivity contribution in [1.82, 2.24) is 40.8 Å². The van der Waals surface area contributed by atoms with Crippen LogP contribution in [-0.4, -0.2) is 109 Å². The number of nitrogens with zero attached hydrogens (tertiary/aromatic N) is 4. The summed E-state index contributed by atoms with van der Waals surface area (Å²) in [6.45, 7) is 11.3. The maximum absolute atomic E-state index is 13.8. The third kappa shape index (κ3) is 20.7. The Morgan fingerprint density at radius 2 is 1.01 bits per heavy atom. The molecule has 2 aromatic heterocycles. The molecule has 2 fully saturated rings. The number of esters is 2. The monoisotopic (exact) mass is 1240 g/mol.